The van der Waals surface area contributed by atoms with Crippen LogP contribution in [0.1, 0.15) is 12.5 Å². The van der Waals surface area contributed by atoms with Gasteiger partial charge < -0.3 is 10.6 Å². The van der Waals surface area contributed by atoms with Crippen LogP contribution < -0.4 is 10.6 Å². The average Bonchev–Trinajstić information content (AvgIpc) is 2.43. The van der Waals surface area contributed by atoms with Gasteiger partial charge in [0.05, 0.1) is 4.92 Å². The summed E-state index contributed by atoms with van der Waals surface area (Å²) in [4.78, 5) is 10.9. The van der Waals surface area contributed by atoms with Gasteiger partial charge in [-0.05, 0) is 43.7 Å². The van der Waals surface area contributed by atoms with Crippen molar-refractivity contribution >= 4 is 34.4 Å². The number of hydrogen-bond acceptors (Lipinski definition) is 4. The molecule has 6 heteroatoms. The molecule has 2 aromatic carbocycles. The summed E-state index contributed by atoms with van der Waals surface area (Å²) in [6.07, 6.45) is 0. The van der Waals surface area contributed by atoms with Crippen molar-refractivity contribution in [1.82, 2.24) is 0 Å². The second-order valence-electron chi connectivity index (χ2n) is 4.58. The number of hydrogen-bond donors (Lipinski definition) is 2. The molecule has 0 radical (unpaired) electrons. The number of para-hydroxylation sites is 1. The van der Waals surface area contributed by atoms with Crippen molar-refractivity contribution in [3.05, 3.63) is 57.1 Å². The molecule has 0 fully saturated rings. The summed E-state index contributed by atoms with van der Waals surface area (Å²) in [6, 6.07) is 10.6. The van der Waals surface area contributed by atoms with Gasteiger partial charge in [0.25, 0.3) is 0 Å². The summed E-state index contributed by atoms with van der Waals surface area (Å²) in [5.74, 6) is 0. The minimum atomic E-state index is -0.393. The third-order valence-electron chi connectivity index (χ3n) is 3.04. The van der Waals surface area contributed by atoms with Crippen LogP contribution in [0.3, 0.4) is 0 Å². The molecule has 0 unspecified atom stereocenters. The Morgan fingerprint density at radius 2 is 1.95 bits per heavy atom. The van der Waals surface area contributed by atoms with E-state index >= 15 is 0 Å². The molecular formula is C15H16ClN3O2. The highest BCUT2D eigenvalue weighted by atomic mass is 35.5. The first-order chi connectivity index (χ1) is 10.0. The van der Waals surface area contributed by atoms with Crippen LogP contribution in [-0.2, 0) is 0 Å². The van der Waals surface area contributed by atoms with Gasteiger partial charge in [-0.25, -0.2) is 0 Å². The standard InChI is InChI=1S/C15H16ClN3O2/c1-3-17-13-5-4-6-14(15(13)19(20)21)18-11-8-7-10(2)12(16)9-11/h4-9,17-18H,3H2,1-2H3. The lowest BCUT2D eigenvalue weighted by molar-refractivity contribution is -0.383. The molecule has 0 bridgehead atoms. The molecule has 2 N–H and O–H groups in total. The third kappa shape index (κ3) is 3.44. The van der Waals surface area contributed by atoms with Crippen LogP contribution >= 0.6 is 11.6 Å². The molecule has 2 aromatic rings. The van der Waals surface area contributed by atoms with Crippen LogP contribution in [0.4, 0.5) is 22.7 Å². The first-order valence-electron chi connectivity index (χ1n) is 6.57. The van der Waals surface area contributed by atoms with Crippen LogP contribution in [0, 0.1) is 17.0 Å². The SMILES string of the molecule is CCNc1cccc(Nc2ccc(C)c(Cl)c2)c1[N+](=O)[O-]. The van der Waals surface area contributed by atoms with E-state index in [2.05, 4.69) is 10.6 Å². The molecule has 0 aliphatic rings. The van der Waals surface area contributed by atoms with E-state index in [9.17, 15) is 10.1 Å². The molecule has 0 spiro atoms. The summed E-state index contributed by atoms with van der Waals surface area (Å²) >= 11 is 6.08. The second kappa shape index (κ2) is 6.45. The maximum atomic E-state index is 11.3. The van der Waals surface area contributed by atoms with Gasteiger partial charge in [0.1, 0.15) is 11.4 Å². The van der Waals surface area contributed by atoms with E-state index < -0.39 is 4.92 Å². The molecule has 110 valence electrons. The maximum Gasteiger partial charge on any atom is 0.315 e. The van der Waals surface area contributed by atoms with Crippen molar-refractivity contribution in [3.8, 4) is 0 Å². The fourth-order valence-electron chi connectivity index (χ4n) is 2.00. The van der Waals surface area contributed by atoms with E-state index in [1.165, 1.54) is 0 Å². The van der Waals surface area contributed by atoms with Gasteiger partial charge in [-0.15, -0.1) is 0 Å². The van der Waals surface area contributed by atoms with Crippen molar-refractivity contribution in [2.45, 2.75) is 13.8 Å². The number of benzene rings is 2. The van der Waals surface area contributed by atoms with Crippen molar-refractivity contribution < 1.29 is 4.92 Å². The van der Waals surface area contributed by atoms with E-state index in [0.717, 1.165) is 5.56 Å². The number of anilines is 3. The fraction of sp³-hybridized carbons (Fsp3) is 0.200. The lowest BCUT2D eigenvalue weighted by Crippen LogP contribution is -2.04. The Bertz CT molecular complexity index is 674. The Labute approximate surface area is 128 Å². The van der Waals surface area contributed by atoms with Gasteiger partial charge >= 0.3 is 5.69 Å². The zero-order chi connectivity index (χ0) is 15.4. The minimum Gasteiger partial charge on any atom is -0.380 e. The highest BCUT2D eigenvalue weighted by Gasteiger charge is 2.19. The predicted octanol–water partition coefficient (Wildman–Crippen LogP) is 4.73. The third-order valence-corrected chi connectivity index (χ3v) is 3.44. The Morgan fingerprint density at radius 1 is 1.24 bits per heavy atom. The average molecular weight is 306 g/mol. The molecule has 21 heavy (non-hydrogen) atoms. The summed E-state index contributed by atoms with van der Waals surface area (Å²) in [5, 5.41) is 18.0. The van der Waals surface area contributed by atoms with Gasteiger partial charge in [-0.2, -0.15) is 0 Å². The molecule has 0 amide bonds. The summed E-state index contributed by atoms with van der Waals surface area (Å²) in [5.41, 5.74) is 2.61. The van der Waals surface area contributed by atoms with Crippen molar-refractivity contribution in [2.24, 2.45) is 0 Å². The molecule has 0 atom stereocenters. The predicted molar refractivity (Wildman–Crippen MR) is 86.7 cm³/mol. The molecule has 2 rings (SSSR count). The lowest BCUT2D eigenvalue weighted by Gasteiger charge is -2.11. The first-order valence-corrected chi connectivity index (χ1v) is 6.95. The fourth-order valence-corrected chi connectivity index (χ4v) is 2.18. The van der Waals surface area contributed by atoms with Crippen molar-refractivity contribution in [2.75, 3.05) is 17.2 Å². The van der Waals surface area contributed by atoms with Crippen molar-refractivity contribution in [1.29, 1.82) is 0 Å². The normalized spacial score (nSPS) is 10.2. The van der Waals surface area contributed by atoms with Crippen molar-refractivity contribution in [3.63, 3.8) is 0 Å². The second-order valence-corrected chi connectivity index (χ2v) is 4.99. The summed E-state index contributed by atoms with van der Waals surface area (Å²) in [6.45, 7) is 4.41. The number of halogens is 1. The highest BCUT2D eigenvalue weighted by Crippen LogP contribution is 2.35. The van der Waals surface area contributed by atoms with E-state index in [0.29, 0.717) is 28.6 Å². The molecule has 0 aliphatic carbocycles. The Kier molecular flexibility index (Phi) is 4.65. The van der Waals surface area contributed by atoms with E-state index in [1.54, 1.807) is 24.3 Å². The van der Waals surface area contributed by atoms with E-state index in [1.807, 2.05) is 26.0 Å². The zero-order valence-corrected chi connectivity index (χ0v) is 12.6. The van der Waals surface area contributed by atoms with Crippen LogP contribution in [-0.4, -0.2) is 11.5 Å². The van der Waals surface area contributed by atoms with Gasteiger partial charge in [0, 0.05) is 17.3 Å². The van der Waals surface area contributed by atoms with E-state index in [-0.39, 0.29) is 5.69 Å². The quantitative estimate of drug-likeness (QED) is 0.619. The lowest BCUT2D eigenvalue weighted by atomic mass is 10.2. The Morgan fingerprint density at radius 3 is 2.57 bits per heavy atom. The topological polar surface area (TPSA) is 67.2 Å². The maximum absolute atomic E-state index is 11.3. The largest absolute Gasteiger partial charge is 0.380 e. The monoisotopic (exact) mass is 305 g/mol. The van der Waals surface area contributed by atoms with E-state index in [4.69, 9.17) is 11.6 Å². The highest BCUT2D eigenvalue weighted by molar-refractivity contribution is 6.31. The number of nitrogens with zero attached hydrogens (tertiary/aromatic N) is 1. The molecule has 0 saturated carbocycles. The number of rotatable bonds is 5. The molecular weight excluding hydrogens is 290 g/mol. The molecule has 0 aromatic heterocycles. The van der Waals surface area contributed by atoms with Crippen LogP contribution in [0.15, 0.2) is 36.4 Å². The van der Waals surface area contributed by atoms with Gasteiger partial charge in [-0.1, -0.05) is 23.7 Å². The first kappa shape index (κ1) is 15.1. The smallest absolute Gasteiger partial charge is 0.315 e. The molecule has 0 saturated heterocycles. The van der Waals surface area contributed by atoms with Gasteiger partial charge in [-0.3, -0.25) is 10.1 Å². The van der Waals surface area contributed by atoms with Crippen LogP contribution in [0.2, 0.25) is 5.02 Å². The molecule has 5 nitrogen and oxygen atoms in total. The summed E-state index contributed by atoms with van der Waals surface area (Å²) < 4.78 is 0. The summed E-state index contributed by atoms with van der Waals surface area (Å²) in [7, 11) is 0. The number of nitro benzene ring substituents is 1. The van der Waals surface area contributed by atoms with Crippen LogP contribution in [0.25, 0.3) is 0 Å². The number of aryl methyl sites for hydroxylation is 1. The Balaban J connectivity index is 2.41. The number of nitro groups is 1. The van der Waals surface area contributed by atoms with Crippen LogP contribution in [0.5, 0.6) is 0 Å². The zero-order valence-electron chi connectivity index (χ0n) is 11.8. The molecule has 0 aliphatic heterocycles. The van der Waals surface area contributed by atoms with Gasteiger partial charge in [0.15, 0.2) is 0 Å². The number of nitrogens with one attached hydrogen (secondary N) is 2. The minimum absolute atomic E-state index is 0.0241. The molecule has 0 heterocycles. The Hall–Kier alpha value is -2.27. The van der Waals surface area contributed by atoms with Gasteiger partial charge in [0.2, 0.25) is 0 Å².